The second-order valence-corrected chi connectivity index (χ2v) is 6.18. The number of nitro benzene ring substituents is 1. The van der Waals surface area contributed by atoms with Crippen LogP contribution in [0.25, 0.3) is 0 Å². The number of non-ortho nitro benzene ring substituents is 1. The summed E-state index contributed by atoms with van der Waals surface area (Å²) in [6.45, 7) is 5.22. The first-order chi connectivity index (χ1) is 9.99. The summed E-state index contributed by atoms with van der Waals surface area (Å²) in [7, 11) is 1.53. The molecule has 1 aliphatic carbocycles. The first-order valence-corrected chi connectivity index (χ1v) is 7.55. The fourth-order valence-corrected chi connectivity index (χ4v) is 3.19. The summed E-state index contributed by atoms with van der Waals surface area (Å²) >= 11 is 0. The second-order valence-electron chi connectivity index (χ2n) is 6.18. The zero-order valence-electron chi connectivity index (χ0n) is 13.0. The molecule has 0 heterocycles. The van der Waals surface area contributed by atoms with E-state index >= 15 is 0 Å². The summed E-state index contributed by atoms with van der Waals surface area (Å²) in [6, 6.07) is 5.42. The standard InChI is InChI=1S/C16H24N2O3/c1-11-4-5-16(12(2)6-11)17-10-13-7-14(18(19)20)9-15(8-13)21-3/h7-9,11-12,16-17H,4-6,10H2,1-3H3. The van der Waals surface area contributed by atoms with Crippen molar-refractivity contribution in [1.82, 2.24) is 5.32 Å². The smallest absolute Gasteiger partial charge is 0.273 e. The Bertz CT molecular complexity index is 504. The molecule has 0 spiro atoms. The van der Waals surface area contributed by atoms with Gasteiger partial charge in [0.2, 0.25) is 0 Å². The van der Waals surface area contributed by atoms with E-state index in [-0.39, 0.29) is 10.6 Å². The highest BCUT2D eigenvalue weighted by Crippen LogP contribution is 2.29. The Morgan fingerprint density at radius 2 is 2.10 bits per heavy atom. The lowest BCUT2D eigenvalue weighted by Gasteiger charge is -2.33. The van der Waals surface area contributed by atoms with Crippen LogP contribution in [0.5, 0.6) is 5.75 Å². The van der Waals surface area contributed by atoms with Crippen molar-refractivity contribution in [3.05, 3.63) is 33.9 Å². The van der Waals surface area contributed by atoms with Gasteiger partial charge >= 0.3 is 0 Å². The van der Waals surface area contributed by atoms with Crippen molar-refractivity contribution in [2.45, 2.75) is 45.7 Å². The van der Waals surface area contributed by atoms with E-state index in [1.807, 2.05) is 6.07 Å². The van der Waals surface area contributed by atoms with Crippen LogP contribution in [-0.2, 0) is 6.54 Å². The minimum atomic E-state index is -0.378. The van der Waals surface area contributed by atoms with Crippen LogP contribution in [0.4, 0.5) is 5.69 Å². The Hall–Kier alpha value is -1.62. The molecule has 5 nitrogen and oxygen atoms in total. The molecule has 0 amide bonds. The third kappa shape index (κ3) is 4.17. The van der Waals surface area contributed by atoms with Crippen molar-refractivity contribution >= 4 is 5.69 Å². The van der Waals surface area contributed by atoms with E-state index in [1.54, 1.807) is 6.07 Å². The van der Waals surface area contributed by atoms with Crippen LogP contribution in [0, 0.1) is 22.0 Å². The summed E-state index contributed by atoms with van der Waals surface area (Å²) in [4.78, 5) is 10.6. The molecule has 3 atom stereocenters. The predicted molar refractivity (Wildman–Crippen MR) is 82.5 cm³/mol. The zero-order chi connectivity index (χ0) is 15.4. The van der Waals surface area contributed by atoms with Crippen LogP contribution in [-0.4, -0.2) is 18.1 Å². The topological polar surface area (TPSA) is 64.4 Å². The van der Waals surface area contributed by atoms with E-state index in [4.69, 9.17) is 4.74 Å². The molecular formula is C16H24N2O3. The minimum Gasteiger partial charge on any atom is -0.496 e. The van der Waals surface area contributed by atoms with Gasteiger partial charge in [0.25, 0.3) is 5.69 Å². The van der Waals surface area contributed by atoms with Gasteiger partial charge < -0.3 is 10.1 Å². The molecular weight excluding hydrogens is 268 g/mol. The van der Waals surface area contributed by atoms with Crippen molar-refractivity contribution < 1.29 is 9.66 Å². The predicted octanol–water partition coefficient (Wildman–Crippen LogP) is 3.52. The quantitative estimate of drug-likeness (QED) is 0.666. The van der Waals surface area contributed by atoms with Crippen LogP contribution in [0.3, 0.4) is 0 Å². The number of nitrogens with zero attached hydrogens (tertiary/aromatic N) is 1. The Kier molecular flexibility index (Phi) is 5.17. The summed E-state index contributed by atoms with van der Waals surface area (Å²) < 4.78 is 5.14. The third-order valence-corrected chi connectivity index (χ3v) is 4.40. The van der Waals surface area contributed by atoms with E-state index < -0.39 is 0 Å². The molecule has 5 heteroatoms. The van der Waals surface area contributed by atoms with Crippen molar-refractivity contribution in [2.24, 2.45) is 11.8 Å². The molecule has 1 saturated carbocycles. The second kappa shape index (κ2) is 6.89. The lowest BCUT2D eigenvalue weighted by molar-refractivity contribution is -0.385. The van der Waals surface area contributed by atoms with Crippen LogP contribution in [0.2, 0.25) is 0 Å². The highest BCUT2D eigenvalue weighted by Gasteiger charge is 2.24. The van der Waals surface area contributed by atoms with Gasteiger partial charge in [0.05, 0.1) is 18.1 Å². The highest BCUT2D eigenvalue weighted by molar-refractivity contribution is 5.42. The largest absolute Gasteiger partial charge is 0.496 e. The first kappa shape index (κ1) is 15.8. The number of nitrogens with one attached hydrogen (secondary N) is 1. The van der Waals surface area contributed by atoms with Crippen LogP contribution >= 0.6 is 0 Å². The number of rotatable bonds is 5. The average Bonchev–Trinajstić information content (AvgIpc) is 2.46. The van der Waals surface area contributed by atoms with Crippen molar-refractivity contribution in [1.29, 1.82) is 0 Å². The summed E-state index contributed by atoms with van der Waals surface area (Å²) in [5, 5.41) is 14.5. The number of hydrogen-bond donors (Lipinski definition) is 1. The molecule has 0 bridgehead atoms. The SMILES string of the molecule is COc1cc(CNC2CCC(C)CC2C)cc([N+](=O)[O-])c1. The van der Waals surface area contributed by atoms with Crippen molar-refractivity contribution in [3.8, 4) is 5.75 Å². The van der Waals surface area contributed by atoms with E-state index in [1.165, 1.54) is 32.4 Å². The van der Waals surface area contributed by atoms with Gasteiger partial charge in [0.15, 0.2) is 0 Å². The number of nitro groups is 1. The maximum Gasteiger partial charge on any atom is 0.273 e. The fourth-order valence-electron chi connectivity index (χ4n) is 3.19. The molecule has 1 N–H and O–H groups in total. The van der Waals surface area contributed by atoms with Crippen LogP contribution < -0.4 is 10.1 Å². The molecule has 21 heavy (non-hydrogen) atoms. The van der Waals surface area contributed by atoms with Crippen LogP contribution in [0.15, 0.2) is 18.2 Å². The number of benzene rings is 1. The molecule has 1 aliphatic rings. The molecule has 3 unspecified atom stereocenters. The Morgan fingerprint density at radius 3 is 2.71 bits per heavy atom. The van der Waals surface area contributed by atoms with Gasteiger partial charge in [-0.3, -0.25) is 10.1 Å². The molecule has 0 radical (unpaired) electrons. The van der Waals surface area contributed by atoms with Gasteiger partial charge in [0.1, 0.15) is 5.75 Å². The third-order valence-electron chi connectivity index (χ3n) is 4.40. The fraction of sp³-hybridized carbons (Fsp3) is 0.625. The average molecular weight is 292 g/mol. The minimum absolute atomic E-state index is 0.0801. The van der Waals surface area contributed by atoms with Gasteiger partial charge in [-0.05, 0) is 42.7 Å². The van der Waals surface area contributed by atoms with E-state index in [9.17, 15) is 10.1 Å². The molecule has 0 aromatic heterocycles. The summed E-state index contributed by atoms with van der Waals surface area (Å²) in [5.41, 5.74) is 0.975. The normalized spacial score (nSPS) is 25.6. The molecule has 0 aliphatic heterocycles. The highest BCUT2D eigenvalue weighted by atomic mass is 16.6. The number of methoxy groups -OCH3 is 1. The summed E-state index contributed by atoms with van der Waals surface area (Å²) in [6.07, 6.45) is 3.67. The lowest BCUT2D eigenvalue weighted by atomic mass is 9.80. The number of ether oxygens (including phenoxy) is 1. The molecule has 1 aromatic carbocycles. The van der Waals surface area contributed by atoms with Crippen molar-refractivity contribution in [2.75, 3.05) is 7.11 Å². The van der Waals surface area contributed by atoms with Gasteiger partial charge in [-0.1, -0.05) is 13.8 Å². The monoisotopic (exact) mass is 292 g/mol. The van der Waals surface area contributed by atoms with Crippen LogP contribution in [0.1, 0.15) is 38.7 Å². The Balaban J connectivity index is 2.02. The van der Waals surface area contributed by atoms with Crippen molar-refractivity contribution in [3.63, 3.8) is 0 Å². The lowest BCUT2D eigenvalue weighted by Crippen LogP contribution is -2.38. The molecule has 1 fully saturated rings. The van der Waals surface area contributed by atoms with Gasteiger partial charge in [0, 0.05) is 18.7 Å². The summed E-state index contributed by atoms with van der Waals surface area (Å²) in [5.74, 6) is 1.98. The first-order valence-electron chi connectivity index (χ1n) is 7.55. The number of hydrogen-bond acceptors (Lipinski definition) is 4. The molecule has 2 rings (SSSR count). The molecule has 0 saturated heterocycles. The molecule has 116 valence electrons. The maximum atomic E-state index is 10.9. The van der Waals surface area contributed by atoms with E-state index in [0.717, 1.165) is 11.5 Å². The van der Waals surface area contributed by atoms with Gasteiger partial charge in [-0.25, -0.2) is 0 Å². The molecule has 1 aromatic rings. The van der Waals surface area contributed by atoms with Gasteiger partial charge in [-0.2, -0.15) is 0 Å². The van der Waals surface area contributed by atoms with E-state index in [2.05, 4.69) is 19.2 Å². The maximum absolute atomic E-state index is 10.9. The van der Waals surface area contributed by atoms with Gasteiger partial charge in [-0.15, -0.1) is 0 Å². The van der Waals surface area contributed by atoms with E-state index in [0.29, 0.717) is 24.3 Å². The Morgan fingerprint density at radius 1 is 1.33 bits per heavy atom. The zero-order valence-corrected chi connectivity index (χ0v) is 13.0. The Labute approximate surface area is 125 Å².